The second kappa shape index (κ2) is 5.58. The van der Waals surface area contributed by atoms with Crippen molar-refractivity contribution >= 4 is 22.9 Å². The Hall–Kier alpha value is -2.90. The lowest BCUT2D eigenvalue weighted by Gasteiger charge is -2.22. The number of carbonyl (C=O) groups is 2. The molecule has 3 heterocycles. The van der Waals surface area contributed by atoms with Crippen molar-refractivity contribution in [1.82, 2.24) is 19.4 Å². The maximum Gasteiger partial charge on any atom is 0.410 e. The minimum atomic E-state index is -0.617. The van der Waals surface area contributed by atoms with Gasteiger partial charge in [-0.2, -0.15) is 0 Å². The summed E-state index contributed by atoms with van der Waals surface area (Å²) in [6.45, 7) is 1.27. The van der Waals surface area contributed by atoms with Crippen LogP contribution >= 0.6 is 0 Å². The first-order valence-corrected chi connectivity index (χ1v) is 8.14. The summed E-state index contributed by atoms with van der Waals surface area (Å²) >= 11 is 0. The Balaban J connectivity index is 1.51. The van der Waals surface area contributed by atoms with Gasteiger partial charge >= 0.3 is 6.09 Å². The summed E-state index contributed by atoms with van der Waals surface area (Å²) in [7, 11) is 1.68. The van der Waals surface area contributed by atoms with Crippen molar-refractivity contribution in [2.75, 3.05) is 26.7 Å². The van der Waals surface area contributed by atoms with E-state index in [1.54, 1.807) is 30.1 Å². The molecular formula is C17H18N4O4. The van der Waals surface area contributed by atoms with E-state index in [0.29, 0.717) is 37.0 Å². The molecule has 0 radical (unpaired) electrons. The van der Waals surface area contributed by atoms with Crippen LogP contribution < -0.4 is 5.56 Å². The van der Waals surface area contributed by atoms with Crippen molar-refractivity contribution in [2.24, 2.45) is 0 Å². The van der Waals surface area contributed by atoms with E-state index in [1.807, 2.05) is 6.07 Å². The zero-order valence-electron chi connectivity index (χ0n) is 13.8. The first-order chi connectivity index (χ1) is 12.0. The van der Waals surface area contributed by atoms with Crippen molar-refractivity contribution in [3.8, 4) is 0 Å². The Labute approximate surface area is 143 Å². The summed E-state index contributed by atoms with van der Waals surface area (Å²) in [6, 6.07) is 7.04. The molecule has 1 aromatic carbocycles. The van der Waals surface area contributed by atoms with Gasteiger partial charge in [0.15, 0.2) is 5.60 Å². The highest BCUT2D eigenvalue weighted by atomic mass is 16.6. The third-order valence-electron chi connectivity index (χ3n) is 4.85. The summed E-state index contributed by atoms with van der Waals surface area (Å²) in [4.78, 5) is 44.1. The maximum atomic E-state index is 12.6. The average molecular weight is 342 g/mol. The maximum absolute atomic E-state index is 12.6. The van der Waals surface area contributed by atoms with Crippen LogP contribution in [0, 0.1) is 0 Å². The van der Waals surface area contributed by atoms with E-state index in [4.69, 9.17) is 4.74 Å². The topological polar surface area (TPSA) is 84.7 Å². The fourth-order valence-electron chi connectivity index (χ4n) is 3.53. The van der Waals surface area contributed by atoms with Gasteiger partial charge in [0.2, 0.25) is 5.91 Å². The second-order valence-electron chi connectivity index (χ2n) is 6.67. The summed E-state index contributed by atoms with van der Waals surface area (Å²) in [6.07, 6.45) is 1.65. The van der Waals surface area contributed by atoms with Crippen molar-refractivity contribution in [3.05, 3.63) is 40.9 Å². The first kappa shape index (κ1) is 15.6. The highest BCUT2D eigenvalue weighted by Gasteiger charge is 2.49. The Morgan fingerprint density at radius 2 is 2.08 bits per heavy atom. The van der Waals surface area contributed by atoms with E-state index in [2.05, 4.69) is 4.98 Å². The number of ether oxygens (including phenoxy) is 1. The number of amides is 2. The minimum Gasteiger partial charge on any atom is -0.439 e. The van der Waals surface area contributed by atoms with Gasteiger partial charge in [0, 0.05) is 20.0 Å². The lowest BCUT2D eigenvalue weighted by molar-refractivity contribution is -0.131. The molecule has 2 saturated heterocycles. The van der Waals surface area contributed by atoms with Crippen LogP contribution in [-0.4, -0.2) is 63.6 Å². The van der Waals surface area contributed by atoms with Crippen molar-refractivity contribution < 1.29 is 14.3 Å². The molecule has 2 aliphatic heterocycles. The number of rotatable bonds is 2. The van der Waals surface area contributed by atoms with Gasteiger partial charge in [-0.1, -0.05) is 12.1 Å². The Morgan fingerprint density at radius 1 is 1.28 bits per heavy atom. The molecule has 130 valence electrons. The molecule has 0 N–H and O–H groups in total. The van der Waals surface area contributed by atoms with Crippen LogP contribution in [0.4, 0.5) is 4.79 Å². The molecule has 2 amide bonds. The quantitative estimate of drug-likeness (QED) is 0.791. The number of hydrogen-bond acceptors (Lipinski definition) is 5. The average Bonchev–Trinajstić information content (AvgIpc) is 3.13. The van der Waals surface area contributed by atoms with E-state index in [9.17, 15) is 14.4 Å². The van der Waals surface area contributed by atoms with Crippen LogP contribution in [0.5, 0.6) is 0 Å². The van der Waals surface area contributed by atoms with E-state index in [-0.39, 0.29) is 24.1 Å². The molecule has 8 heteroatoms. The monoisotopic (exact) mass is 342 g/mol. The van der Waals surface area contributed by atoms with Gasteiger partial charge in [-0.15, -0.1) is 0 Å². The van der Waals surface area contributed by atoms with Crippen LogP contribution in [0.3, 0.4) is 0 Å². The summed E-state index contributed by atoms with van der Waals surface area (Å²) in [5, 5.41) is 0.488. The van der Waals surface area contributed by atoms with Gasteiger partial charge in [0.1, 0.15) is 6.54 Å². The van der Waals surface area contributed by atoms with E-state index in [0.717, 1.165) is 0 Å². The van der Waals surface area contributed by atoms with E-state index >= 15 is 0 Å². The van der Waals surface area contributed by atoms with Crippen LogP contribution in [0.15, 0.2) is 35.4 Å². The Kier molecular flexibility index (Phi) is 3.48. The second-order valence-corrected chi connectivity index (χ2v) is 6.67. The van der Waals surface area contributed by atoms with Gasteiger partial charge < -0.3 is 14.5 Å². The van der Waals surface area contributed by atoms with Crippen molar-refractivity contribution in [3.63, 3.8) is 0 Å². The number of nitrogens with zero attached hydrogens (tertiary/aromatic N) is 4. The molecule has 25 heavy (non-hydrogen) atoms. The highest BCUT2D eigenvalue weighted by Crippen LogP contribution is 2.31. The number of para-hydroxylation sites is 1. The number of hydrogen-bond donors (Lipinski definition) is 0. The van der Waals surface area contributed by atoms with E-state index < -0.39 is 5.60 Å². The van der Waals surface area contributed by atoms with E-state index in [1.165, 1.54) is 15.8 Å². The molecule has 1 atom stereocenters. The number of carbonyl (C=O) groups excluding carboxylic acids is 2. The van der Waals surface area contributed by atoms with Gasteiger partial charge in [-0.25, -0.2) is 9.78 Å². The number of likely N-dealkylation sites (N-methyl/N-ethyl adjacent to an activating group) is 1. The summed E-state index contributed by atoms with van der Waals surface area (Å²) in [5.74, 6) is -0.179. The number of benzene rings is 1. The zero-order chi connectivity index (χ0) is 17.6. The Bertz CT molecular complexity index is 924. The van der Waals surface area contributed by atoms with Crippen LogP contribution in [0.2, 0.25) is 0 Å². The van der Waals surface area contributed by atoms with Crippen molar-refractivity contribution in [1.29, 1.82) is 0 Å². The molecule has 8 nitrogen and oxygen atoms in total. The van der Waals surface area contributed by atoms with Gasteiger partial charge in [0.25, 0.3) is 5.56 Å². The van der Waals surface area contributed by atoms with Crippen LogP contribution in [0.1, 0.15) is 6.42 Å². The molecule has 2 fully saturated rings. The lowest BCUT2D eigenvalue weighted by Crippen LogP contribution is -2.41. The normalized spacial score (nSPS) is 22.8. The number of aromatic nitrogens is 2. The van der Waals surface area contributed by atoms with Crippen molar-refractivity contribution in [2.45, 2.75) is 18.6 Å². The fraction of sp³-hybridized carbons (Fsp3) is 0.412. The summed E-state index contributed by atoms with van der Waals surface area (Å²) in [5.41, 5.74) is -0.245. The smallest absolute Gasteiger partial charge is 0.410 e. The predicted octanol–water partition coefficient (Wildman–Crippen LogP) is 0.450. The van der Waals surface area contributed by atoms with Crippen LogP contribution in [0.25, 0.3) is 10.9 Å². The molecule has 0 aliphatic carbocycles. The third kappa shape index (κ3) is 2.63. The molecule has 0 unspecified atom stereocenters. The molecule has 2 aromatic rings. The molecule has 1 spiro atoms. The lowest BCUT2D eigenvalue weighted by atomic mass is 10.0. The van der Waals surface area contributed by atoms with Crippen LogP contribution in [-0.2, 0) is 16.1 Å². The standard InChI is InChI=1S/C17H18N4O4/c1-19-9-17(25-16(19)24)6-7-20(10-17)14(22)8-21-11-18-13-5-3-2-4-12(13)15(21)23/h2-5,11H,6-10H2,1H3/t17-/m0/s1. The zero-order valence-corrected chi connectivity index (χ0v) is 13.8. The molecule has 0 bridgehead atoms. The minimum absolute atomic E-state index is 0.0729. The molecule has 0 saturated carbocycles. The first-order valence-electron chi connectivity index (χ1n) is 8.14. The molecule has 1 aromatic heterocycles. The molecule has 2 aliphatic rings. The predicted molar refractivity (Wildman–Crippen MR) is 89.0 cm³/mol. The van der Waals surface area contributed by atoms with Gasteiger partial charge in [-0.05, 0) is 12.1 Å². The SMILES string of the molecule is CN1C[C@]2(CCN(C(=O)Cn3cnc4ccccc4c3=O)C2)OC1=O. The summed E-state index contributed by atoms with van der Waals surface area (Å²) < 4.78 is 6.77. The highest BCUT2D eigenvalue weighted by molar-refractivity contribution is 5.79. The largest absolute Gasteiger partial charge is 0.439 e. The number of likely N-dealkylation sites (tertiary alicyclic amines) is 1. The van der Waals surface area contributed by atoms with Gasteiger partial charge in [-0.3, -0.25) is 14.2 Å². The van der Waals surface area contributed by atoms with Gasteiger partial charge in [0.05, 0.1) is 30.3 Å². The Morgan fingerprint density at radius 3 is 2.84 bits per heavy atom. The number of fused-ring (bicyclic) bond motifs is 1. The third-order valence-corrected chi connectivity index (χ3v) is 4.85. The molecule has 4 rings (SSSR count). The molecular weight excluding hydrogens is 324 g/mol. The fourth-order valence-corrected chi connectivity index (χ4v) is 3.53.